The Balaban J connectivity index is 1.18. The van der Waals surface area contributed by atoms with Crippen molar-refractivity contribution in [3.63, 3.8) is 0 Å². The summed E-state index contributed by atoms with van der Waals surface area (Å²) in [6.07, 6.45) is 14.1. The van der Waals surface area contributed by atoms with Gasteiger partial charge in [-0.3, -0.25) is 0 Å². The zero-order valence-electron chi connectivity index (χ0n) is 34.7. The van der Waals surface area contributed by atoms with Crippen molar-refractivity contribution in [2.75, 3.05) is 4.90 Å². The van der Waals surface area contributed by atoms with Crippen LogP contribution in [0.15, 0.2) is 188 Å². The van der Waals surface area contributed by atoms with E-state index in [0.29, 0.717) is 0 Å². The van der Waals surface area contributed by atoms with E-state index >= 15 is 0 Å². The molecule has 0 fully saturated rings. The van der Waals surface area contributed by atoms with E-state index in [9.17, 15) is 0 Å². The van der Waals surface area contributed by atoms with E-state index in [4.69, 9.17) is 0 Å². The highest BCUT2D eigenvalue weighted by Crippen LogP contribution is 2.39. The lowest BCUT2D eigenvalue weighted by molar-refractivity contribution is 1.10. The van der Waals surface area contributed by atoms with Crippen molar-refractivity contribution in [2.24, 2.45) is 0 Å². The van der Waals surface area contributed by atoms with E-state index in [1.807, 2.05) is 0 Å². The number of para-hydroxylation sites is 1. The molecule has 0 heterocycles. The molecule has 1 heteroatoms. The van der Waals surface area contributed by atoms with Gasteiger partial charge in [0.2, 0.25) is 0 Å². The standard InChI is InChI=1S/C57H53N/c1-7-48-14-8-11-45(6)57(48)58(53-37-25-46(26-38-53)12-9-15-55(49-29-17-41(2)18-30-49)50-31-19-42(3)20-32-50)54-39-27-47(28-40-54)13-10-16-56(51-33-21-43(4)22-34-51)52-35-23-44(5)24-36-52/h8-40H,7H2,1-6H3. The van der Waals surface area contributed by atoms with Crippen molar-refractivity contribution in [2.45, 2.75) is 48.0 Å². The molecule has 7 rings (SSSR count). The number of hydrogen-bond donors (Lipinski definition) is 0. The number of aryl methyl sites for hydroxylation is 6. The quantitative estimate of drug-likeness (QED) is 0.112. The Hall–Kier alpha value is -6.70. The Labute approximate surface area is 346 Å². The fourth-order valence-corrected chi connectivity index (χ4v) is 7.36. The summed E-state index contributed by atoms with van der Waals surface area (Å²) in [5.74, 6) is 0. The minimum absolute atomic E-state index is 0.947. The van der Waals surface area contributed by atoms with Crippen molar-refractivity contribution in [1.82, 2.24) is 0 Å². The molecule has 0 aromatic heterocycles. The molecule has 7 aromatic carbocycles. The van der Waals surface area contributed by atoms with Crippen molar-refractivity contribution in [1.29, 1.82) is 0 Å². The lowest BCUT2D eigenvalue weighted by Gasteiger charge is -2.29. The number of rotatable bonds is 12. The lowest BCUT2D eigenvalue weighted by atomic mass is 9.96. The average molecular weight is 752 g/mol. The van der Waals surface area contributed by atoms with Crippen molar-refractivity contribution < 1.29 is 0 Å². The lowest BCUT2D eigenvalue weighted by Crippen LogP contribution is -2.13. The normalized spacial score (nSPS) is 11.2. The zero-order chi connectivity index (χ0) is 40.4. The van der Waals surface area contributed by atoms with Crippen molar-refractivity contribution >= 4 is 40.4 Å². The van der Waals surface area contributed by atoms with Gasteiger partial charge in [0.25, 0.3) is 0 Å². The third kappa shape index (κ3) is 9.63. The second-order valence-corrected chi connectivity index (χ2v) is 15.3. The van der Waals surface area contributed by atoms with E-state index in [-0.39, 0.29) is 0 Å². The molecule has 58 heavy (non-hydrogen) atoms. The van der Waals surface area contributed by atoms with Crippen LogP contribution in [0.3, 0.4) is 0 Å². The fourth-order valence-electron chi connectivity index (χ4n) is 7.36. The first-order valence-electron chi connectivity index (χ1n) is 20.4. The Morgan fingerprint density at radius 1 is 0.414 bits per heavy atom. The van der Waals surface area contributed by atoms with Crippen LogP contribution >= 0.6 is 0 Å². The summed E-state index contributed by atoms with van der Waals surface area (Å²) in [5.41, 5.74) is 20.7. The summed E-state index contributed by atoms with van der Waals surface area (Å²) in [6, 6.07) is 59.6. The number of nitrogens with zero attached hydrogens (tertiary/aromatic N) is 1. The molecule has 0 unspecified atom stereocenters. The van der Waals surface area contributed by atoms with Crippen molar-refractivity contribution in [3.05, 3.63) is 255 Å². The van der Waals surface area contributed by atoms with Gasteiger partial charge in [-0.1, -0.05) is 205 Å². The van der Waals surface area contributed by atoms with E-state index in [1.165, 1.54) is 72.5 Å². The third-order valence-corrected chi connectivity index (χ3v) is 10.8. The first-order valence-corrected chi connectivity index (χ1v) is 20.4. The summed E-state index contributed by atoms with van der Waals surface area (Å²) in [6.45, 7) is 13.0. The molecule has 0 bridgehead atoms. The molecule has 0 saturated heterocycles. The molecule has 0 aliphatic rings. The largest absolute Gasteiger partial charge is 0.310 e. The van der Waals surface area contributed by atoms with E-state index < -0.39 is 0 Å². The van der Waals surface area contributed by atoms with Gasteiger partial charge in [-0.2, -0.15) is 0 Å². The van der Waals surface area contributed by atoms with Crippen LogP contribution in [0.25, 0.3) is 23.3 Å². The van der Waals surface area contributed by atoms with E-state index in [1.54, 1.807) is 0 Å². The summed E-state index contributed by atoms with van der Waals surface area (Å²) in [5, 5.41) is 0. The molecule has 1 nitrogen and oxygen atoms in total. The van der Waals surface area contributed by atoms with Gasteiger partial charge < -0.3 is 4.90 Å². The predicted molar refractivity (Wildman–Crippen MR) is 252 cm³/mol. The molecular formula is C57H53N. The van der Waals surface area contributed by atoms with Crippen LogP contribution in [0.2, 0.25) is 0 Å². The fraction of sp³-hybridized carbons (Fsp3) is 0.123. The van der Waals surface area contributed by atoms with Gasteiger partial charge in [0.15, 0.2) is 0 Å². The second-order valence-electron chi connectivity index (χ2n) is 15.3. The first-order chi connectivity index (χ1) is 28.2. The molecule has 0 N–H and O–H groups in total. The molecule has 286 valence electrons. The average Bonchev–Trinajstić information content (AvgIpc) is 3.24. The third-order valence-electron chi connectivity index (χ3n) is 10.8. The maximum Gasteiger partial charge on any atom is 0.0522 e. The van der Waals surface area contributed by atoms with E-state index in [0.717, 1.165) is 28.9 Å². The van der Waals surface area contributed by atoms with Gasteiger partial charge in [0.05, 0.1) is 5.69 Å². The second kappa shape index (κ2) is 18.5. The summed E-state index contributed by atoms with van der Waals surface area (Å²) >= 11 is 0. The van der Waals surface area contributed by atoms with Crippen LogP contribution in [-0.2, 0) is 6.42 Å². The minimum Gasteiger partial charge on any atom is -0.310 e. The maximum absolute atomic E-state index is 2.41. The van der Waals surface area contributed by atoms with Gasteiger partial charge in [0, 0.05) is 11.4 Å². The molecule has 0 aliphatic heterocycles. The minimum atomic E-state index is 0.947. The molecule has 0 aliphatic carbocycles. The first kappa shape index (κ1) is 39.5. The van der Waals surface area contributed by atoms with Crippen LogP contribution < -0.4 is 4.90 Å². The van der Waals surface area contributed by atoms with Crippen LogP contribution in [0.4, 0.5) is 17.1 Å². The van der Waals surface area contributed by atoms with Gasteiger partial charge in [-0.05, 0) is 121 Å². The van der Waals surface area contributed by atoms with Gasteiger partial charge >= 0.3 is 0 Å². The van der Waals surface area contributed by atoms with E-state index in [2.05, 4.69) is 247 Å². The smallest absolute Gasteiger partial charge is 0.0522 e. The summed E-state index contributed by atoms with van der Waals surface area (Å²) < 4.78 is 0. The molecule has 7 aromatic rings. The van der Waals surface area contributed by atoms with Gasteiger partial charge in [-0.15, -0.1) is 0 Å². The Morgan fingerprint density at radius 3 is 1.09 bits per heavy atom. The monoisotopic (exact) mass is 751 g/mol. The van der Waals surface area contributed by atoms with Crippen LogP contribution in [0.5, 0.6) is 0 Å². The van der Waals surface area contributed by atoms with Crippen LogP contribution in [0, 0.1) is 34.6 Å². The summed E-state index contributed by atoms with van der Waals surface area (Å²) in [7, 11) is 0. The topological polar surface area (TPSA) is 3.24 Å². The highest BCUT2D eigenvalue weighted by molar-refractivity contribution is 5.84. The SMILES string of the molecule is CCc1cccc(C)c1N(c1ccc(C=CC=C(c2ccc(C)cc2)c2ccc(C)cc2)cc1)c1ccc(C=CC=C(c2ccc(C)cc2)c2ccc(C)cc2)cc1. The van der Waals surface area contributed by atoms with Gasteiger partial charge in [0.1, 0.15) is 0 Å². The number of benzene rings is 7. The Kier molecular flexibility index (Phi) is 12.6. The number of allylic oxidation sites excluding steroid dienone is 4. The molecule has 0 spiro atoms. The highest BCUT2D eigenvalue weighted by Gasteiger charge is 2.18. The molecule has 0 radical (unpaired) electrons. The number of anilines is 3. The Bertz CT molecular complexity index is 2310. The van der Waals surface area contributed by atoms with Crippen molar-refractivity contribution in [3.8, 4) is 0 Å². The van der Waals surface area contributed by atoms with Gasteiger partial charge in [-0.25, -0.2) is 0 Å². The maximum atomic E-state index is 2.41. The predicted octanol–water partition coefficient (Wildman–Crippen LogP) is 15.6. The van der Waals surface area contributed by atoms with Crippen LogP contribution in [-0.4, -0.2) is 0 Å². The Morgan fingerprint density at radius 2 is 0.759 bits per heavy atom. The van der Waals surface area contributed by atoms with Crippen LogP contribution in [0.1, 0.15) is 73.7 Å². The molecule has 0 saturated carbocycles. The highest BCUT2D eigenvalue weighted by atomic mass is 15.1. The molecular weight excluding hydrogens is 699 g/mol. The zero-order valence-corrected chi connectivity index (χ0v) is 34.7. The molecule has 0 amide bonds. The summed E-state index contributed by atoms with van der Waals surface area (Å²) in [4.78, 5) is 2.41. The number of hydrogen-bond acceptors (Lipinski definition) is 1. The molecule has 0 atom stereocenters.